The van der Waals surface area contributed by atoms with Crippen molar-refractivity contribution >= 4 is 29.0 Å². The quantitative estimate of drug-likeness (QED) is 0.655. The highest BCUT2D eigenvalue weighted by Gasteiger charge is 2.21. The lowest BCUT2D eigenvalue weighted by Crippen LogP contribution is -2.46. The number of H-pyrrole nitrogens is 1. The molecule has 2 aromatic rings. The monoisotopic (exact) mass is 431 g/mol. The minimum Gasteiger partial charge on any atom is -0.385 e. The van der Waals surface area contributed by atoms with Gasteiger partial charge in [0.15, 0.2) is 5.43 Å². The van der Waals surface area contributed by atoms with Crippen molar-refractivity contribution in [3.63, 3.8) is 0 Å². The third-order valence-corrected chi connectivity index (χ3v) is 5.69. The maximum Gasteiger partial charge on any atom is 0.251 e. The maximum atomic E-state index is 12.9. The molecule has 3 rings (SSSR count). The number of nitrogens with one attached hydrogen (secondary N) is 3. The molecule has 7 nitrogen and oxygen atoms in total. The summed E-state index contributed by atoms with van der Waals surface area (Å²) in [7, 11) is 2.09. The molecule has 1 saturated heterocycles. The highest BCUT2D eigenvalue weighted by atomic mass is 35.5. The second kappa shape index (κ2) is 9.53. The number of amides is 1. The molecule has 2 heterocycles. The summed E-state index contributed by atoms with van der Waals surface area (Å²) in [6.07, 6.45) is 0. The number of nitrogens with zero attached hydrogens (tertiary/aromatic N) is 2. The SMILES string of the molecule is CCNc1cc(Cl)cc(C(=O)NCc2c(N3CCN(C)CC3)[nH]c(C)cc2=O)c1C. The summed E-state index contributed by atoms with van der Waals surface area (Å²) >= 11 is 6.21. The molecule has 3 N–H and O–H groups in total. The van der Waals surface area contributed by atoms with Crippen LogP contribution in [0.3, 0.4) is 0 Å². The van der Waals surface area contributed by atoms with Crippen molar-refractivity contribution in [1.82, 2.24) is 15.2 Å². The third kappa shape index (κ3) is 4.96. The number of carbonyl (C=O) groups is 1. The van der Waals surface area contributed by atoms with Gasteiger partial charge in [-0.3, -0.25) is 9.59 Å². The van der Waals surface area contributed by atoms with Gasteiger partial charge in [-0.25, -0.2) is 0 Å². The molecule has 0 atom stereocenters. The number of benzene rings is 1. The van der Waals surface area contributed by atoms with E-state index in [4.69, 9.17) is 11.6 Å². The van der Waals surface area contributed by atoms with Gasteiger partial charge in [0, 0.05) is 60.8 Å². The molecule has 1 aliphatic rings. The molecule has 1 aromatic heterocycles. The summed E-state index contributed by atoms with van der Waals surface area (Å²) in [4.78, 5) is 33.4. The van der Waals surface area contributed by atoms with Crippen LogP contribution in [0, 0.1) is 13.8 Å². The van der Waals surface area contributed by atoms with E-state index < -0.39 is 0 Å². The summed E-state index contributed by atoms with van der Waals surface area (Å²) < 4.78 is 0. The van der Waals surface area contributed by atoms with Gasteiger partial charge >= 0.3 is 0 Å². The van der Waals surface area contributed by atoms with Crippen molar-refractivity contribution < 1.29 is 4.79 Å². The average Bonchev–Trinajstić information content (AvgIpc) is 2.70. The molecule has 30 heavy (non-hydrogen) atoms. The van der Waals surface area contributed by atoms with Crippen molar-refractivity contribution in [3.05, 3.63) is 55.8 Å². The van der Waals surface area contributed by atoms with Gasteiger partial charge in [-0.1, -0.05) is 11.6 Å². The summed E-state index contributed by atoms with van der Waals surface area (Å²) in [5, 5.41) is 6.64. The number of hydrogen-bond acceptors (Lipinski definition) is 5. The topological polar surface area (TPSA) is 80.5 Å². The van der Waals surface area contributed by atoms with Gasteiger partial charge in [0.25, 0.3) is 5.91 Å². The summed E-state index contributed by atoms with van der Waals surface area (Å²) in [6.45, 7) is 10.1. The Morgan fingerprint density at radius 2 is 1.87 bits per heavy atom. The van der Waals surface area contributed by atoms with Crippen molar-refractivity contribution in [2.45, 2.75) is 27.3 Å². The van der Waals surface area contributed by atoms with Crippen LogP contribution in [-0.4, -0.2) is 55.6 Å². The fourth-order valence-electron chi connectivity index (χ4n) is 3.72. The third-order valence-electron chi connectivity index (χ3n) is 5.48. The Balaban J connectivity index is 1.84. The lowest BCUT2D eigenvalue weighted by molar-refractivity contribution is 0.0950. The number of piperazine rings is 1. The molecule has 0 saturated carbocycles. The lowest BCUT2D eigenvalue weighted by atomic mass is 10.1. The Kier molecular flexibility index (Phi) is 7.05. The number of rotatable bonds is 6. The molecule has 1 aromatic carbocycles. The zero-order valence-electron chi connectivity index (χ0n) is 18.1. The summed E-state index contributed by atoms with van der Waals surface area (Å²) in [6, 6.07) is 5.05. The number of aromatic amines is 1. The normalized spacial score (nSPS) is 14.6. The largest absolute Gasteiger partial charge is 0.385 e. The van der Waals surface area contributed by atoms with E-state index in [0.717, 1.165) is 55.5 Å². The fraction of sp³-hybridized carbons (Fsp3) is 0.455. The maximum absolute atomic E-state index is 12.9. The lowest BCUT2D eigenvalue weighted by Gasteiger charge is -2.34. The standard InChI is InChI=1S/C22H30ClN5O2/c1-5-24-19-12-16(23)11-17(15(19)3)22(30)25-13-18-20(29)10-14(2)26-21(18)28-8-6-27(4)7-9-28/h10-12,24H,5-9,13H2,1-4H3,(H,25,30)(H,26,29). The molecule has 0 aliphatic carbocycles. The average molecular weight is 432 g/mol. The first-order valence-electron chi connectivity index (χ1n) is 10.3. The van der Waals surface area contributed by atoms with Gasteiger partial charge in [-0.2, -0.15) is 0 Å². The van der Waals surface area contributed by atoms with Gasteiger partial charge < -0.3 is 25.4 Å². The van der Waals surface area contributed by atoms with E-state index in [2.05, 4.69) is 32.5 Å². The number of aromatic nitrogens is 1. The van der Waals surface area contributed by atoms with Crippen molar-refractivity contribution in [2.24, 2.45) is 0 Å². The first-order chi connectivity index (χ1) is 14.3. The number of hydrogen-bond donors (Lipinski definition) is 3. The molecule has 0 bridgehead atoms. The van der Waals surface area contributed by atoms with Crippen LogP contribution in [0.4, 0.5) is 11.5 Å². The molecule has 162 valence electrons. The smallest absolute Gasteiger partial charge is 0.251 e. The number of aryl methyl sites for hydroxylation is 1. The summed E-state index contributed by atoms with van der Waals surface area (Å²) in [5.41, 5.74) is 3.48. The first kappa shape index (κ1) is 22.2. The first-order valence-corrected chi connectivity index (χ1v) is 10.7. The van der Waals surface area contributed by atoms with Gasteiger partial charge in [0.05, 0.1) is 12.1 Å². The Morgan fingerprint density at radius 3 is 2.53 bits per heavy atom. The van der Waals surface area contributed by atoms with Gasteiger partial charge in [-0.05, 0) is 45.5 Å². The van der Waals surface area contributed by atoms with E-state index in [9.17, 15) is 9.59 Å². The van der Waals surface area contributed by atoms with E-state index in [1.807, 2.05) is 26.8 Å². The van der Waals surface area contributed by atoms with Crippen molar-refractivity contribution in [1.29, 1.82) is 0 Å². The molecule has 1 aliphatic heterocycles. The van der Waals surface area contributed by atoms with Crippen LogP contribution in [0.5, 0.6) is 0 Å². The zero-order chi connectivity index (χ0) is 21.8. The molecule has 0 unspecified atom stereocenters. The highest BCUT2D eigenvalue weighted by Crippen LogP contribution is 2.25. The van der Waals surface area contributed by atoms with E-state index >= 15 is 0 Å². The Bertz CT molecular complexity index is 980. The minimum atomic E-state index is -0.251. The number of halogens is 1. The van der Waals surface area contributed by atoms with E-state index in [0.29, 0.717) is 16.1 Å². The van der Waals surface area contributed by atoms with E-state index in [-0.39, 0.29) is 17.9 Å². The Hall–Kier alpha value is -2.51. The second-order valence-corrected chi connectivity index (χ2v) is 8.21. The Labute approximate surface area is 182 Å². The Morgan fingerprint density at radius 1 is 1.17 bits per heavy atom. The van der Waals surface area contributed by atoms with Crippen LogP contribution in [0.25, 0.3) is 0 Å². The van der Waals surface area contributed by atoms with Gasteiger partial charge in [0.2, 0.25) is 0 Å². The molecule has 8 heteroatoms. The zero-order valence-corrected chi connectivity index (χ0v) is 18.8. The molecule has 0 spiro atoms. The molecular weight excluding hydrogens is 402 g/mol. The molecule has 1 fully saturated rings. The second-order valence-electron chi connectivity index (χ2n) is 7.77. The van der Waals surface area contributed by atoms with Crippen LogP contribution in [0.1, 0.15) is 34.1 Å². The molecule has 1 amide bonds. The van der Waals surface area contributed by atoms with Crippen LogP contribution in [-0.2, 0) is 6.54 Å². The van der Waals surface area contributed by atoms with Crippen LogP contribution < -0.4 is 21.0 Å². The fourth-order valence-corrected chi connectivity index (χ4v) is 3.94. The van der Waals surface area contributed by atoms with Gasteiger partial charge in [-0.15, -0.1) is 0 Å². The number of likely N-dealkylation sites (N-methyl/N-ethyl adjacent to an activating group) is 1. The molecule has 0 radical (unpaired) electrons. The summed E-state index contributed by atoms with van der Waals surface area (Å²) in [5.74, 6) is 0.544. The van der Waals surface area contributed by atoms with E-state index in [1.165, 1.54) is 0 Å². The predicted molar refractivity (Wildman–Crippen MR) is 123 cm³/mol. The predicted octanol–water partition coefficient (Wildman–Crippen LogP) is 2.76. The van der Waals surface area contributed by atoms with E-state index in [1.54, 1.807) is 12.1 Å². The van der Waals surface area contributed by atoms with Crippen LogP contribution in [0.15, 0.2) is 23.0 Å². The number of pyridine rings is 1. The van der Waals surface area contributed by atoms with Crippen molar-refractivity contribution in [2.75, 3.05) is 50.0 Å². The minimum absolute atomic E-state index is 0.0726. The van der Waals surface area contributed by atoms with Gasteiger partial charge in [0.1, 0.15) is 5.82 Å². The number of carbonyl (C=O) groups excluding carboxylic acids is 1. The highest BCUT2D eigenvalue weighted by molar-refractivity contribution is 6.31. The van der Waals surface area contributed by atoms with Crippen molar-refractivity contribution in [3.8, 4) is 0 Å². The van der Waals surface area contributed by atoms with Crippen LogP contribution in [0.2, 0.25) is 5.02 Å². The van der Waals surface area contributed by atoms with Crippen LogP contribution >= 0.6 is 11.6 Å². The number of anilines is 2. The molecular formula is C22H30ClN5O2.